The molecule has 0 radical (unpaired) electrons. The second-order valence-electron chi connectivity index (χ2n) is 18.8. The molecule has 15 nitrogen and oxygen atoms in total. The lowest BCUT2D eigenvalue weighted by molar-refractivity contribution is -0.318. The highest BCUT2D eigenvalue weighted by atomic mass is 16.7. The molecular formula is C43H81N3O12. The number of rotatable bonds is 12. The average Bonchev–Trinajstić information content (AvgIpc) is 3.15. The number of hydrogen-bond donors (Lipinski definition) is 4. The van der Waals surface area contributed by atoms with Gasteiger partial charge >= 0.3 is 0 Å². The van der Waals surface area contributed by atoms with Gasteiger partial charge in [0.1, 0.15) is 24.6 Å². The lowest BCUT2D eigenvalue weighted by Crippen LogP contribution is -2.61. The van der Waals surface area contributed by atoms with E-state index in [4.69, 9.17) is 33.3 Å². The van der Waals surface area contributed by atoms with E-state index in [0.717, 1.165) is 0 Å². The number of ether oxygens (including phenoxy) is 6. The van der Waals surface area contributed by atoms with Gasteiger partial charge in [0.15, 0.2) is 12.6 Å². The molecule has 0 aromatic heterocycles. The van der Waals surface area contributed by atoms with Crippen molar-refractivity contribution < 1.29 is 58.5 Å². The summed E-state index contributed by atoms with van der Waals surface area (Å²) < 4.78 is 38.8. The van der Waals surface area contributed by atoms with E-state index in [9.17, 15) is 25.2 Å². The molecule has 2 heterocycles. The van der Waals surface area contributed by atoms with Crippen LogP contribution in [-0.4, -0.2) is 175 Å². The smallest absolute Gasteiger partial charge is 0.185 e. The number of Topliss-reactive ketones (excluding diaryl/α,β-unsaturated/α-hetero) is 1. The molecule has 0 unspecified atom stereocenters. The van der Waals surface area contributed by atoms with Crippen LogP contribution in [0.15, 0.2) is 5.16 Å². The molecule has 3 aliphatic rings. The monoisotopic (exact) mass is 832 g/mol. The predicted octanol–water partition coefficient (Wildman–Crippen LogP) is 3.47. The van der Waals surface area contributed by atoms with E-state index in [0.29, 0.717) is 38.1 Å². The van der Waals surface area contributed by atoms with Crippen molar-refractivity contribution >= 4 is 11.5 Å². The van der Waals surface area contributed by atoms with Gasteiger partial charge in [-0.05, 0) is 81.6 Å². The molecule has 0 amide bonds. The molecule has 0 spiro atoms. The molecule has 3 fully saturated rings. The Balaban J connectivity index is 2.28. The number of aliphatic hydroxyl groups excluding tert-OH is 3. The summed E-state index contributed by atoms with van der Waals surface area (Å²) in [4.78, 5) is 24.5. The van der Waals surface area contributed by atoms with Gasteiger partial charge < -0.3 is 63.5 Å². The Kier molecular flexibility index (Phi) is 18.6. The minimum atomic E-state index is -1.68. The number of aliphatic hydroxyl groups is 4. The topological polar surface area (TPSA) is 181 Å². The van der Waals surface area contributed by atoms with Gasteiger partial charge in [-0.15, -0.1) is 0 Å². The zero-order chi connectivity index (χ0) is 44.1. The van der Waals surface area contributed by atoms with Crippen LogP contribution in [-0.2, 0) is 38.1 Å². The van der Waals surface area contributed by atoms with Crippen LogP contribution in [0.5, 0.6) is 0 Å². The Morgan fingerprint density at radius 2 is 1.48 bits per heavy atom. The third kappa shape index (κ3) is 11.8. The molecule has 340 valence electrons. The number of hydrogen-bond acceptors (Lipinski definition) is 15. The Labute approximate surface area is 349 Å². The maximum atomic E-state index is 14.6. The fourth-order valence-corrected chi connectivity index (χ4v) is 9.54. The van der Waals surface area contributed by atoms with Crippen LogP contribution in [0.4, 0.5) is 0 Å². The van der Waals surface area contributed by atoms with E-state index in [2.05, 4.69) is 5.16 Å². The Morgan fingerprint density at radius 1 is 0.862 bits per heavy atom. The molecule has 0 bridgehead atoms. The van der Waals surface area contributed by atoms with Gasteiger partial charge in [0.2, 0.25) is 0 Å². The lowest BCUT2D eigenvalue weighted by atomic mass is 9.69. The largest absolute Gasteiger partial charge is 0.394 e. The first-order valence-electron chi connectivity index (χ1n) is 21.4. The first kappa shape index (κ1) is 51.0. The SMILES string of the molecule is CC[C@H]1CC(=O)[C@H](C)[C@@H](O[C@H]2C[C@@](C)(OC)[C@@H](O)[C@H](C)O2)[C@H](C)[C@@H](O[C@@H]2O[C@H](C)C[C@H](N(C)C)[C@H]2O)[C@](C)(OC)C[C@@H](C)/C(=N\OCCN(C)C)[C@H](C)[C@@H](O)[C@]1(C)O. The summed E-state index contributed by atoms with van der Waals surface area (Å²) in [5, 5.41) is 51.6. The van der Waals surface area contributed by atoms with Crippen LogP contribution in [0.25, 0.3) is 0 Å². The van der Waals surface area contributed by atoms with E-state index in [-0.39, 0.29) is 36.7 Å². The fraction of sp³-hybridized carbons (Fsp3) is 0.953. The summed E-state index contributed by atoms with van der Waals surface area (Å²) in [6.45, 7) is 19.4. The minimum Gasteiger partial charge on any atom is -0.394 e. The zero-order valence-electron chi connectivity index (χ0n) is 38.5. The third-order valence-electron chi connectivity index (χ3n) is 13.7. The van der Waals surface area contributed by atoms with Gasteiger partial charge in [0.25, 0.3) is 0 Å². The molecule has 1 saturated carbocycles. The van der Waals surface area contributed by atoms with Crippen molar-refractivity contribution in [1.82, 2.24) is 9.80 Å². The maximum Gasteiger partial charge on any atom is 0.185 e. The van der Waals surface area contributed by atoms with Crippen LogP contribution in [0.3, 0.4) is 0 Å². The van der Waals surface area contributed by atoms with Crippen molar-refractivity contribution in [2.75, 3.05) is 55.6 Å². The molecular weight excluding hydrogens is 750 g/mol. The van der Waals surface area contributed by atoms with Crippen LogP contribution >= 0.6 is 0 Å². The molecule has 0 aromatic rings. The number of likely N-dealkylation sites (N-methyl/N-ethyl adjacent to an activating group) is 2. The van der Waals surface area contributed by atoms with Crippen molar-refractivity contribution in [3.05, 3.63) is 0 Å². The Morgan fingerprint density at radius 3 is 2.03 bits per heavy atom. The molecule has 15 heteroatoms. The number of carbonyl (C=O) groups excluding carboxylic acids is 1. The van der Waals surface area contributed by atoms with Crippen molar-refractivity contribution in [2.24, 2.45) is 34.7 Å². The highest BCUT2D eigenvalue weighted by Crippen LogP contribution is 2.43. The van der Waals surface area contributed by atoms with E-state index < -0.39 is 89.7 Å². The Bertz CT molecular complexity index is 1320. The van der Waals surface area contributed by atoms with E-state index in [1.54, 1.807) is 21.0 Å². The quantitative estimate of drug-likeness (QED) is 0.166. The molecule has 0 aromatic carbocycles. The van der Waals surface area contributed by atoms with E-state index in [1.807, 2.05) is 93.4 Å². The summed E-state index contributed by atoms with van der Waals surface area (Å²) in [5.41, 5.74) is -3.29. The Hall–Kier alpha value is -1.34. The highest BCUT2D eigenvalue weighted by molar-refractivity contribution is 5.89. The first-order chi connectivity index (χ1) is 26.9. The van der Waals surface area contributed by atoms with Gasteiger partial charge in [0, 0.05) is 63.3 Å². The number of nitrogens with zero attached hydrogens (tertiary/aromatic N) is 3. The number of oxime groups is 1. The summed E-state index contributed by atoms with van der Waals surface area (Å²) >= 11 is 0. The van der Waals surface area contributed by atoms with Gasteiger partial charge in [-0.2, -0.15) is 0 Å². The van der Waals surface area contributed by atoms with Crippen LogP contribution in [0.2, 0.25) is 0 Å². The second-order valence-corrected chi connectivity index (χ2v) is 18.8. The average molecular weight is 832 g/mol. The minimum absolute atomic E-state index is 0.0433. The molecule has 2 aliphatic heterocycles. The standard InChI is InChI=1S/C43H81N3O12/c1-17-30-21-32(47)26(4)36(57-33-23-41(8,52-15)38(50)29(7)56-33)28(6)39(58-40-35(48)31(46(13)14)20-25(3)55-40)42(9,53-16)22-24(2)34(44-54-19-18-45(11)12)27(5)37(49)43(30,10)51/h24-31,33,35-40,48-51H,17-23H2,1-16H3/b44-34+/t24-,25-,26+,27+,28+,29+,30+,31+,33+,35-,36-,37-,38+,39-,40+,41-,42-,43-/m1/s1. The zero-order valence-corrected chi connectivity index (χ0v) is 38.5. The summed E-state index contributed by atoms with van der Waals surface area (Å²) in [5.74, 6) is -3.24. The number of carbonyl (C=O) groups is 1. The molecule has 1 aliphatic carbocycles. The summed E-state index contributed by atoms with van der Waals surface area (Å²) in [7, 11) is 10.9. The van der Waals surface area contributed by atoms with Crippen molar-refractivity contribution in [1.29, 1.82) is 0 Å². The summed E-state index contributed by atoms with van der Waals surface area (Å²) in [6, 6.07) is -0.253. The van der Waals surface area contributed by atoms with Gasteiger partial charge in [0.05, 0.1) is 53.0 Å². The molecule has 3 rings (SSSR count). The lowest BCUT2D eigenvalue weighted by Gasteiger charge is -2.50. The van der Waals surface area contributed by atoms with Crippen molar-refractivity contribution in [3.8, 4) is 0 Å². The van der Waals surface area contributed by atoms with Gasteiger partial charge in [-0.1, -0.05) is 46.2 Å². The maximum absolute atomic E-state index is 14.6. The molecule has 2 saturated heterocycles. The van der Waals surface area contributed by atoms with Crippen molar-refractivity contribution in [2.45, 2.75) is 179 Å². The van der Waals surface area contributed by atoms with Crippen molar-refractivity contribution in [3.63, 3.8) is 0 Å². The number of methoxy groups -OCH3 is 2. The molecule has 4 N–H and O–H groups in total. The van der Waals surface area contributed by atoms with E-state index >= 15 is 0 Å². The fourth-order valence-electron chi connectivity index (χ4n) is 9.54. The van der Waals surface area contributed by atoms with Crippen LogP contribution < -0.4 is 0 Å². The normalized spacial score (nSPS) is 46.1. The molecule has 58 heavy (non-hydrogen) atoms. The van der Waals surface area contributed by atoms with Gasteiger partial charge in [-0.3, -0.25) is 4.79 Å². The van der Waals surface area contributed by atoms with E-state index in [1.165, 1.54) is 7.11 Å². The van der Waals surface area contributed by atoms with Gasteiger partial charge in [-0.25, -0.2) is 0 Å². The van der Waals surface area contributed by atoms with Crippen LogP contribution in [0.1, 0.15) is 101 Å². The predicted molar refractivity (Wildman–Crippen MR) is 221 cm³/mol. The first-order valence-corrected chi connectivity index (χ1v) is 21.4. The number of ketones is 1. The van der Waals surface area contributed by atoms with Crippen LogP contribution in [0, 0.1) is 29.6 Å². The highest BCUT2D eigenvalue weighted by Gasteiger charge is 2.53. The third-order valence-corrected chi connectivity index (χ3v) is 13.7. The summed E-state index contributed by atoms with van der Waals surface area (Å²) in [6.07, 6.45) is -6.33. The second kappa shape index (κ2) is 21.2. The molecule has 18 atom stereocenters.